The van der Waals surface area contributed by atoms with Gasteiger partial charge in [-0.15, -0.1) is 20.4 Å². The van der Waals surface area contributed by atoms with Gasteiger partial charge >= 0.3 is 0 Å². The van der Waals surface area contributed by atoms with Gasteiger partial charge in [-0.3, -0.25) is 9.59 Å². The Kier molecular flexibility index (Phi) is 7.96. The maximum absolute atomic E-state index is 12.4. The summed E-state index contributed by atoms with van der Waals surface area (Å²) in [6, 6.07) is 18.1. The van der Waals surface area contributed by atoms with Crippen LogP contribution in [0.1, 0.15) is 63.4 Å². The largest absolute Gasteiger partial charge is 0.300 e. The van der Waals surface area contributed by atoms with Crippen LogP contribution in [-0.4, -0.2) is 32.2 Å². The standard InChI is InChI=1S/C27H22N8O2S2/c28-14-18-5-1-3-16(9-18)11-22(36)30-26-34-32-24(38-26)20-7-8-21(13-20)25-33-35-27(39-25)31-23(37)12-17-4-2-6-19(10-17)15-29/h1-6,9-10,20-21H,7-8,11-13H2,(H,30,34,36)(H,31,35,37). The highest BCUT2D eigenvalue weighted by atomic mass is 32.1. The molecule has 1 aliphatic rings. The smallest absolute Gasteiger partial charge is 0.230 e. The fourth-order valence-electron chi connectivity index (χ4n) is 4.53. The molecule has 2 unspecified atom stereocenters. The van der Waals surface area contributed by atoms with Gasteiger partial charge in [-0.2, -0.15) is 10.5 Å². The van der Waals surface area contributed by atoms with Crippen molar-refractivity contribution < 1.29 is 9.59 Å². The van der Waals surface area contributed by atoms with Gasteiger partial charge in [-0.1, -0.05) is 46.9 Å². The van der Waals surface area contributed by atoms with Crippen molar-refractivity contribution in [3.63, 3.8) is 0 Å². The summed E-state index contributed by atoms with van der Waals surface area (Å²) in [6.45, 7) is 0. The number of nitrogens with zero attached hydrogens (tertiary/aromatic N) is 6. The van der Waals surface area contributed by atoms with Crippen LogP contribution < -0.4 is 10.6 Å². The summed E-state index contributed by atoms with van der Waals surface area (Å²) in [5.41, 5.74) is 2.55. The Bertz CT molecular complexity index is 1480. The predicted molar refractivity (Wildman–Crippen MR) is 146 cm³/mol. The molecule has 4 aromatic rings. The van der Waals surface area contributed by atoms with E-state index >= 15 is 0 Å². The highest BCUT2D eigenvalue weighted by Gasteiger charge is 2.32. The van der Waals surface area contributed by atoms with E-state index in [9.17, 15) is 9.59 Å². The Labute approximate surface area is 232 Å². The molecule has 0 aliphatic heterocycles. The molecule has 10 nitrogen and oxygen atoms in total. The van der Waals surface area contributed by atoms with Crippen molar-refractivity contribution >= 4 is 44.8 Å². The third-order valence-corrected chi connectivity index (χ3v) is 8.35. The minimum Gasteiger partial charge on any atom is -0.300 e. The molecule has 0 bridgehead atoms. The first-order valence-corrected chi connectivity index (χ1v) is 13.9. The number of nitrogens with one attached hydrogen (secondary N) is 2. The van der Waals surface area contributed by atoms with Crippen molar-refractivity contribution in [3.8, 4) is 12.1 Å². The molecule has 2 aromatic heterocycles. The van der Waals surface area contributed by atoms with E-state index in [4.69, 9.17) is 10.5 Å². The van der Waals surface area contributed by atoms with E-state index in [0.29, 0.717) is 21.4 Å². The number of nitriles is 2. The number of aromatic nitrogens is 4. The van der Waals surface area contributed by atoms with Crippen LogP contribution in [0.3, 0.4) is 0 Å². The van der Waals surface area contributed by atoms with Gasteiger partial charge < -0.3 is 10.6 Å². The van der Waals surface area contributed by atoms with Gasteiger partial charge in [0.25, 0.3) is 0 Å². The molecule has 2 N–H and O–H groups in total. The highest BCUT2D eigenvalue weighted by molar-refractivity contribution is 7.15. The van der Waals surface area contributed by atoms with Gasteiger partial charge in [0.2, 0.25) is 22.1 Å². The van der Waals surface area contributed by atoms with Crippen LogP contribution in [0.15, 0.2) is 48.5 Å². The zero-order valence-electron chi connectivity index (χ0n) is 20.6. The molecule has 0 saturated heterocycles. The normalized spacial score (nSPS) is 16.3. The number of hydrogen-bond donors (Lipinski definition) is 2. The van der Waals surface area contributed by atoms with Crippen molar-refractivity contribution in [2.24, 2.45) is 0 Å². The van der Waals surface area contributed by atoms with Crippen LogP contribution in [0, 0.1) is 22.7 Å². The second-order valence-electron chi connectivity index (χ2n) is 9.17. The lowest BCUT2D eigenvalue weighted by Crippen LogP contribution is -2.14. The quantitative estimate of drug-likeness (QED) is 0.321. The van der Waals surface area contributed by atoms with Crippen LogP contribution in [0.4, 0.5) is 10.3 Å². The predicted octanol–water partition coefficient (Wildman–Crippen LogP) is 4.55. The minimum absolute atomic E-state index is 0.151. The van der Waals surface area contributed by atoms with E-state index in [1.54, 1.807) is 36.4 Å². The van der Waals surface area contributed by atoms with E-state index in [2.05, 4.69) is 43.2 Å². The molecule has 1 saturated carbocycles. The number of benzene rings is 2. The van der Waals surface area contributed by atoms with E-state index in [0.717, 1.165) is 40.4 Å². The lowest BCUT2D eigenvalue weighted by atomic mass is 10.1. The van der Waals surface area contributed by atoms with Gasteiger partial charge in [0, 0.05) is 11.8 Å². The number of carbonyl (C=O) groups is 2. The molecule has 2 atom stereocenters. The van der Waals surface area contributed by atoms with Crippen molar-refractivity contribution in [2.75, 3.05) is 10.6 Å². The molecule has 39 heavy (non-hydrogen) atoms. The van der Waals surface area contributed by atoms with Crippen molar-refractivity contribution in [3.05, 3.63) is 80.8 Å². The first-order valence-electron chi connectivity index (χ1n) is 12.2. The molecule has 1 aliphatic carbocycles. The summed E-state index contributed by atoms with van der Waals surface area (Å²) in [5.74, 6) is -0.00351. The average molecular weight is 555 g/mol. The molecule has 5 rings (SSSR count). The summed E-state index contributed by atoms with van der Waals surface area (Å²) in [7, 11) is 0. The molecule has 0 spiro atoms. The van der Waals surface area contributed by atoms with Crippen LogP contribution in [0.25, 0.3) is 0 Å². The molecule has 2 amide bonds. The van der Waals surface area contributed by atoms with E-state index in [1.807, 2.05) is 12.1 Å². The van der Waals surface area contributed by atoms with E-state index < -0.39 is 0 Å². The highest BCUT2D eigenvalue weighted by Crippen LogP contribution is 2.45. The molecule has 2 heterocycles. The van der Waals surface area contributed by atoms with Crippen LogP contribution in [0.2, 0.25) is 0 Å². The summed E-state index contributed by atoms with van der Waals surface area (Å²) >= 11 is 2.75. The Balaban J connectivity index is 1.13. The molecule has 1 fully saturated rings. The Morgan fingerprint density at radius 2 is 1.23 bits per heavy atom. The van der Waals surface area contributed by atoms with Gasteiger partial charge in [0.15, 0.2) is 0 Å². The Hall–Kier alpha value is -4.52. The monoisotopic (exact) mass is 554 g/mol. The molecular formula is C27H22N8O2S2. The molecule has 2 aromatic carbocycles. The number of anilines is 2. The summed E-state index contributed by atoms with van der Waals surface area (Å²) < 4.78 is 0. The number of amides is 2. The van der Waals surface area contributed by atoms with E-state index in [-0.39, 0.29) is 36.5 Å². The third kappa shape index (κ3) is 6.68. The van der Waals surface area contributed by atoms with Crippen molar-refractivity contribution in [1.29, 1.82) is 10.5 Å². The fraction of sp³-hybridized carbons (Fsp3) is 0.259. The van der Waals surface area contributed by atoms with Gasteiger partial charge in [0.1, 0.15) is 10.0 Å². The number of hydrogen-bond acceptors (Lipinski definition) is 10. The topological polar surface area (TPSA) is 157 Å². The third-order valence-electron chi connectivity index (χ3n) is 6.35. The summed E-state index contributed by atoms with van der Waals surface area (Å²) in [6.07, 6.45) is 2.98. The minimum atomic E-state index is -0.210. The lowest BCUT2D eigenvalue weighted by molar-refractivity contribution is -0.116. The average Bonchev–Trinajstić information content (AvgIpc) is 3.70. The van der Waals surface area contributed by atoms with Crippen LogP contribution in [0.5, 0.6) is 0 Å². The van der Waals surface area contributed by atoms with E-state index in [1.165, 1.54) is 22.7 Å². The number of carbonyl (C=O) groups excluding carboxylic acids is 2. The zero-order valence-corrected chi connectivity index (χ0v) is 22.3. The molecule has 0 radical (unpaired) electrons. The fourth-order valence-corrected chi connectivity index (χ4v) is 6.34. The molecule has 12 heteroatoms. The first-order chi connectivity index (χ1) is 19.0. The zero-order chi connectivity index (χ0) is 27.2. The van der Waals surface area contributed by atoms with Crippen molar-refractivity contribution in [2.45, 2.75) is 43.9 Å². The van der Waals surface area contributed by atoms with Gasteiger partial charge in [-0.05, 0) is 54.7 Å². The maximum atomic E-state index is 12.4. The second kappa shape index (κ2) is 11.9. The van der Waals surface area contributed by atoms with Crippen LogP contribution >= 0.6 is 22.7 Å². The summed E-state index contributed by atoms with van der Waals surface area (Å²) in [5, 5.41) is 43.3. The van der Waals surface area contributed by atoms with Crippen molar-refractivity contribution in [1.82, 2.24) is 20.4 Å². The SMILES string of the molecule is N#Cc1cccc(CC(=O)Nc2nnc(C3CCC(c4nnc(NC(=O)Cc5cccc(C#N)c5)s4)C3)s2)c1. The maximum Gasteiger partial charge on any atom is 0.230 e. The molecular weight excluding hydrogens is 532 g/mol. The Morgan fingerprint density at radius 3 is 1.67 bits per heavy atom. The number of rotatable bonds is 8. The van der Waals surface area contributed by atoms with Gasteiger partial charge in [-0.25, -0.2) is 0 Å². The van der Waals surface area contributed by atoms with Gasteiger partial charge in [0.05, 0.1) is 36.1 Å². The lowest BCUT2D eigenvalue weighted by Gasteiger charge is -2.05. The second-order valence-corrected chi connectivity index (χ2v) is 11.2. The van der Waals surface area contributed by atoms with Crippen LogP contribution in [-0.2, 0) is 22.4 Å². The first kappa shape index (κ1) is 26.1. The summed E-state index contributed by atoms with van der Waals surface area (Å²) in [4.78, 5) is 24.9. The molecule has 194 valence electrons. The Morgan fingerprint density at radius 1 is 0.769 bits per heavy atom.